The minimum atomic E-state index is -4.23. The third-order valence-corrected chi connectivity index (χ3v) is 4.18. The number of aromatic nitrogens is 1. The Morgan fingerprint density at radius 3 is 2.86 bits per heavy atom. The van der Waals surface area contributed by atoms with Crippen LogP contribution in [0.1, 0.15) is 25.3 Å². The number of fused-ring (bicyclic) bond motifs is 3. The number of rotatable bonds is 6. The predicted octanol–water partition coefficient (Wildman–Crippen LogP) is 3.65. The van der Waals surface area contributed by atoms with Gasteiger partial charge in [-0.25, -0.2) is 4.98 Å². The Morgan fingerprint density at radius 1 is 1.36 bits per heavy atom. The highest BCUT2D eigenvalue weighted by atomic mass is 19.4. The summed E-state index contributed by atoms with van der Waals surface area (Å²) in [6.45, 7) is 1.69. The molecular weight excluding hydrogens is 375 g/mol. The van der Waals surface area contributed by atoms with Gasteiger partial charge in [0.2, 0.25) is 5.91 Å². The van der Waals surface area contributed by atoms with E-state index < -0.39 is 18.6 Å². The Balaban J connectivity index is 1.70. The number of hydrogen-bond acceptors (Lipinski definition) is 5. The molecule has 0 aliphatic carbocycles. The molecule has 0 bridgehead atoms. The first-order valence-corrected chi connectivity index (χ1v) is 8.70. The summed E-state index contributed by atoms with van der Waals surface area (Å²) in [6.07, 6.45) is -3.72. The van der Waals surface area contributed by atoms with Gasteiger partial charge in [-0.2, -0.15) is 13.2 Å². The van der Waals surface area contributed by atoms with E-state index in [2.05, 4.69) is 10.3 Å². The Morgan fingerprint density at radius 2 is 2.14 bits per heavy atom. The summed E-state index contributed by atoms with van der Waals surface area (Å²) in [5, 5.41) is 2.64. The molecule has 6 nitrogen and oxygen atoms in total. The molecule has 3 N–H and O–H groups in total. The van der Waals surface area contributed by atoms with Crippen LogP contribution in [0.15, 0.2) is 30.5 Å². The van der Waals surface area contributed by atoms with Crippen molar-refractivity contribution in [2.24, 2.45) is 5.73 Å². The Labute approximate surface area is 159 Å². The van der Waals surface area contributed by atoms with Gasteiger partial charge in [0.25, 0.3) is 0 Å². The van der Waals surface area contributed by atoms with Crippen LogP contribution in [0.3, 0.4) is 0 Å². The van der Waals surface area contributed by atoms with Crippen molar-refractivity contribution in [3.8, 4) is 22.6 Å². The lowest BCUT2D eigenvalue weighted by Crippen LogP contribution is -2.29. The number of ether oxygens (including phenoxy) is 2. The molecule has 3 rings (SSSR count). The quantitative estimate of drug-likeness (QED) is 0.780. The van der Waals surface area contributed by atoms with Crippen molar-refractivity contribution in [3.05, 3.63) is 36.0 Å². The topological polar surface area (TPSA) is 86.5 Å². The normalized spacial score (nSPS) is 13.8. The molecule has 28 heavy (non-hydrogen) atoms. The molecule has 150 valence electrons. The van der Waals surface area contributed by atoms with E-state index in [-0.39, 0.29) is 18.9 Å². The second kappa shape index (κ2) is 8.05. The van der Waals surface area contributed by atoms with Crippen LogP contribution >= 0.6 is 0 Å². The van der Waals surface area contributed by atoms with E-state index in [9.17, 15) is 18.0 Å². The number of carbonyl (C=O) groups is 1. The van der Waals surface area contributed by atoms with E-state index >= 15 is 0 Å². The summed E-state index contributed by atoms with van der Waals surface area (Å²) in [5.41, 5.74) is 8.26. The molecule has 0 saturated carbocycles. The molecule has 1 aromatic heterocycles. The first-order chi connectivity index (χ1) is 13.2. The maximum atomic E-state index is 12.2. The number of nitrogens with zero attached hydrogens (tertiary/aromatic N) is 1. The minimum absolute atomic E-state index is 0.0257. The fourth-order valence-corrected chi connectivity index (χ4v) is 2.82. The average Bonchev–Trinajstić information content (AvgIpc) is 2.63. The summed E-state index contributed by atoms with van der Waals surface area (Å²) in [5.74, 6) is 1.26. The molecule has 1 unspecified atom stereocenters. The predicted molar refractivity (Wildman–Crippen MR) is 97.1 cm³/mol. The molecule has 9 heteroatoms. The number of carbonyl (C=O) groups excluding carboxylic acids is 1. The SMILES string of the molecule is CC(=O)Nc1cc2c(cn1)COc1cc(OCC(N)CCC(F)(F)F)ccc1-2. The summed E-state index contributed by atoms with van der Waals surface area (Å²) in [4.78, 5) is 15.4. The molecule has 2 aromatic rings. The first kappa shape index (κ1) is 19.9. The van der Waals surface area contributed by atoms with Crippen LogP contribution in [0.4, 0.5) is 19.0 Å². The van der Waals surface area contributed by atoms with Gasteiger partial charge in [0.1, 0.15) is 30.5 Å². The molecule has 0 radical (unpaired) electrons. The number of anilines is 1. The van der Waals surface area contributed by atoms with E-state index in [0.29, 0.717) is 23.9 Å². The Kier molecular flexibility index (Phi) is 5.73. The van der Waals surface area contributed by atoms with Crippen LogP contribution in [0.25, 0.3) is 11.1 Å². The van der Waals surface area contributed by atoms with Gasteiger partial charge in [-0.1, -0.05) is 0 Å². The lowest BCUT2D eigenvalue weighted by Gasteiger charge is -2.22. The highest BCUT2D eigenvalue weighted by Gasteiger charge is 2.27. The van der Waals surface area contributed by atoms with Gasteiger partial charge in [0, 0.05) is 42.8 Å². The lowest BCUT2D eigenvalue weighted by atomic mass is 9.98. The van der Waals surface area contributed by atoms with Crippen molar-refractivity contribution in [1.82, 2.24) is 4.98 Å². The van der Waals surface area contributed by atoms with Crippen molar-refractivity contribution in [3.63, 3.8) is 0 Å². The third kappa shape index (κ3) is 5.13. The maximum absolute atomic E-state index is 12.2. The van der Waals surface area contributed by atoms with Gasteiger partial charge >= 0.3 is 6.18 Å². The van der Waals surface area contributed by atoms with Crippen LogP contribution in [-0.4, -0.2) is 29.7 Å². The molecule has 1 atom stereocenters. The molecule has 0 spiro atoms. The standard InChI is InChI=1S/C19H20F3N3O3/c1-11(26)25-18-7-16-12(8-24-18)9-28-17-6-14(2-3-15(16)17)27-10-13(23)4-5-19(20,21)22/h2-3,6-8,13H,4-5,9-10,23H2,1H3,(H,24,25,26). The van der Waals surface area contributed by atoms with Crippen LogP contribution in [0.2, 0.25) is 0 Å². The van der Waals surface area contributed by atoms with Crippen molar-refractivity contribution in [1.29, 1.82) is 0 Å². The van der Waals surface area contributed by atoms with Crippen molar-refractivity contribution >= 4 is 11.7 Å². The summed E-state index contributed by atoms with van der Waals surface area (Å²) < 4.78 is 48.0. The lowest BCUT2D eigenvalue weighted by molar-refractivity contribution is -0.136. The maximum Gasteiger partial charge on any atom is 0.389 e. The zero-order chi connectivity index (χ0) is 20.3. The monoisotopic (exact) mass is 395 g/mol. The van der Waals surface area contributed by atoms with Gasteiger partial charge in [-0.15, -0.1) is 0 Å². The molecular formula is C19H20F3N3O3. The van der Waals surface area contributed by atoms with Gasteiger partial charge in [0.15, 0.2) is 0 Å². The van der Waals surface area contributed by atoms with Crippen molar-refractivity contribution in [2.45, 2.75) is 38.6 Å². The fourth-order valence-electron chi connectivity index (χ4n) is 2.82. The Hall–Kier alpha value is -2.81. The van der Waals surface area contributed by atoms with Gasteiger partial charge in [0.05, 0.1) is 0 Å². The molecule has 2 heterocycles. The van der Waals surface area contributed by atoms with Crippen LogP contribution in [0.5, 0.6) is 11.5 Å². The smallest absolute Gasteiger partial charge is 0.389 e. The van der Waals surface area contributed by atoms with Gasteiger partial charge in [-0.3, -0.25) is 4.79 Å². The largest absolute Gasteiger partial charge is 0.492 e. The van der Waals surface area contributed by atoms with E-state index in [1.807, 2.05) is 0 Å². The number of hydrogen-bond donors (Lipinski definition) is 2. The van der Waals surface area contributed by atoms with Crippen molar-refractivity contribution < 1.29 is 27.4 Å². The van der Waals surface area contributed by atoms with Crippen LogP contribution in [-0.2, 0) is 11.4 Å². The number of amides is 1. The summed E-state index contributed by atoms with van der Waals surface area (Å²) in [6, 6.07) is 6.22. The Bertz CT molecular complexity index is 871. The zero-order valence-electron chi connectivity index (χ0n) is 15.2. The van der Waals surface area contributed by atoms with Gasteiger partial charge < -0.3 is 20.5 Å². The van der Waals surface area contributed by atoms with E-state index in [0.717, 1.165) is 16.7 Å². The van der Waals surface area contributed by atoms with Crippen molar-refractivity contribution in [2.75, 3.05) is 11.9 Å². The van der Waals surface area contributed by atoms with Crippen LogP contribution < -0.4 is 20.5 Å². The minimum Gasteiger partial charge on any atom is -0.492 e. The highest BCUT2D eigenvalue weighted by molar-refractivity contribution is 5.89. The fraction of sp³-hybridized carbons (Fsp3) is 0.368. The van der Waals surface area contributed by atoms with E-state index in [4.69, 9.17) is 15.2 Å². The number of nitrogens with two attached hydrogens (primary N) is 1. The number of halogens is 3. The average molecular weight is 395 g/mol. The molecule has 0 saturated heterocycles. The van der Waals surface area contributed by atoms with Gasteiger partial charge in [-0.05, 0) is 30.2 Å². The summed E-state index contributed by atoms with van der Waals surface area (Å²) >= 11 is 0. The number of benzene rings is 1. The molecule has 0 fully saturated rings. The highest BCUT2D eigenvalue weighted by Crippen LogP contribution is 2.40. The summed E-state index contributed by atoms with van der Waals surface area (Å²) in [7, 11) is 0. The number of pyridine rings is 1. The number of nitrogens with one attached hydrogen (secondary N) is 1. The molecule has 1 aliphatic rings. The van der Waals surface area contributed by atoms with Crippen LogP contribution in [0, 0.1) is 0 Å². The molecule has 1 amide bonds. The molecule has 1 aliphatic heterocycles. The third-order valence-electron chi connectivity index (χ3n) is 4.18. The second-order valence-electron chi connectivity index (χ2n) is 6.58. The molecule has 1 aromatic carbocycles. The first-order valence-electron chi connectivity index (χ1n) is 8.70. The number of alkyl halides is 3. The van der Waals surface area contributed by atoms with E-state index in [1.165, 1.54) is 6.92 Å². The van der Waals surface area contributed by atoms with E-state index in [1.54, 1.807) is 30.5 Å². The second-order valence-corrected chi connectivity index (χ2v) is 6.58. The zero-order valence-corrected chi connectivity index (χ0v) is 15.2.